The number of carbonyl (C=O) groups excluding carboxylic acids is 1. The van der Waals surface area contributed by atoms with Gasteiger partial charge in [-0.3, -0.25) is 4.79 Å². The van der Waals surface area contributed by atoms with Crippen molar-refractivity contribution in [2.75, 3.05) is 5.32 Å². The highest BCUT2D eigenvalue weighted by Gasteiger charge is 2.27. The number of nitrogens with one attached hydrogen (secondary N) is 1. The Kier molecular flexibility index (Phi) is 4.33. The number of benzene rings is 1. The largest absolute Gasteiger partial charge is 0.488 e. The number of nitrogens with two attached hydrogens (primary N) is 1. The summed E-state index contributed by atoms with van der Waals surface area (Å²) in [6, 6.07) is 7.66. The molecular formula is C16H24N2O2. The van der Waals surface area contributed by atoms with E-state index in [4.69, 9.17) is 10.5 Å². The van der Waals surface area contributed by atoms with Crippen molar-refractivity contribution in [3.05, 3.63) is 24.3 Å². The van der Waals surface area contributed by atoms with Gasteiger partial charge in [-0.05, 0) is 64.3 Å². The monoisotopic (exact) mass is 276 g/mol. The number of anilines is 1. The van der Waals surface area contributed by atoms with E-state index in [0.717, 1.165) is 30.7 Å². The molecule has 4 heteroatoms. The Balaban J connectivity index is 1.92. The van der Waals surface area contributed by atoms with E-state index in [-0.39, 0.29) is 23.5 Å². The summed E-state index contributed by atoms with van der Waals surface area (Å²) in [6.45, 7) is 6.02. The number of carbonyl (C=O) groups is 1. The lowest BCUT2D eigenvalue weighted by Gasteiger charge is -2.21. The van der Waals surface area contributed by atoms with Crippen LogP contribution in [0.25, 0.3) is 0 Å². The summed E-state index contributed by atoms with van der Waals surface area (Å²) < 4.78 is 5.75. The first kappa shape index (κ1) is 14.9. The molecule has 1 aromatic carbocycles. The van der Waals surface area contributed by atoms with Gasteiger partial charge in [-0.25, -0.2) is 0 Å². The fourth-order valence-electron chi connectivity index (χ4n) is 2.46. The van der Waals surface area contributed by atoms with Gasteiger partial charge in [-0.1, -0.05) is 0 Å². The van der Waals surface area contributed by atoms with Gasteiger partial charge in [0.25, 0.3) is 0 Å². The summed E-state index contributed by atoms with van der Waals surface area (Å²) in [5.41, 5.74) is 6.42. The van der Waals surface area contributed by atoms with E-state index < -0.39 is 0 Å². The van der Waals surface area contributed by atoms with Crippen LogP contribution in [0.5, 0.6) is 5.75 Å². The van der Waals surface area contributed by atoms with Gasteiger partial charge in [0.15, 0.2) is 0 Å². The summed E-state index contributed by atoms with van der Waals surface area (Å²) in [5.74, 6) is 0.927. The van der Waals surface area contributed by atoms with Gasteiger partial charge in [0, 0.05) is 17.6 Å². The molecule has 1 aliphatic carbocycles. The third-order valence-corrected chi connectivity index (χ3v) is 3.39. The lowest BCUT2D eigenvalue weighted by molar-refractivity contribution is -0.119. The Labute approximate surface area is 120 Å². The van der Waals surface area contributed by atoms with Gasteiger partial charge < -0.3 is 15.8 Å². The van der Waals surface area contributed by atoms with Gasteiger partial charge in [-0.15, -0.1) is 0 Å². The summed E-state index contributed by atoms with van der Waals surface area (Å²) in [6.07, 6.45) is 2.62. The molecule has 0 saturated heterocycles. The maximum absolute atomic E-state index is 12.1. The zero-order valence-corrected chi connectivity index (χ0v) is 12.5. The van der Waals surface area contributed by atoms with Gasteiger partial charge in [-0.2, -0.15) is 0 Å². The predicted octanol–water partition coefficient (Wildman–Crippen LogP) is 2.93. The van der Waals surface area contributed by atoms with E-state index >= 15 is 0 Å². The van der Waals surface area contributed by atoms with Crippen molar-refractivity contribution in [2.24, 2.45) is 11.7 Å². The van der Waals surface area contributed by atoms with E-state index in [1.54, 1.807) is 0 Å². The first-order valence-corrected chi connectivity index (χ1v) is 7.19. The molecule has 3 N–H and O–H groups in total. The molecule has 0 aromatic heterocycles. The van der Waals surface area contributed by atoms with Crippen molar-refractivity contribution in [3.8, 4) is 5.75 Å². The van der Waals surface area contributed by atoms with Crippen molar-refractivity contribution in [1.82, 2.24) is 0 Å². The first-order chi connectivity index (χ1) is 9.33. The molecular weight excluding hydrogens is 252 g/mol. The van der Waals surface area contributed by atoms with E-state index in [9.17, 15) is 4.79 Å². The molecule has 0 spiro atoms. The number of amides is 1. The average molecular weight is 276 g/mol. The molecule has 1 saturated carbocycles. The second-order valence-electron chi connectivity index (χ2n) is 6.50. The van der Waals surface area contributed by atoms with Crippen molar-refractivity contribution < 1.29 is 9.53 Å². The highest BCUT2D eigenvalue weighted by molar-refractivity contribution is 5.92. The summed E-state index contributed by atoms with van der Waals surface area (Å²) in [4.78, 5) is 12.1. The van der Waals surface area contributed by atoms with Gasteiger partial charge in [0.1, 0.15) is 11.4 Å². The molecule has 20 heavy (non-hydrogen) atoms. The van der Waals surface area contributed by atoms with Crippen LogP contribution in [0.15, 0.2) is 24.3 Å². The predicted molar refractivity (Wildman–Crippen MR) is 80.8 cm³/mol. The highest BCUT2D eigenvalue weighted by Crippen LogP contribution is 2.26. The van der Waals surface area contributed by atoms with E-state index in [0.29, 0.717) is 0 Å². The summed E-state index contributed by atoms with van der Waals surface area (Å²) in [5, 5.41) is 2.94. The fraction of sp³-hybridized carbons (Fsp3) is 0.562. The van der Waals surface area contributed by atoms with Crippen LogP contribution < -0.4 is 15.8 Å². The lowest BCUT2D eigenvalue weighted by Crippen LogP contribution is -2.23. The molecule has 4 nitrogen and oxygen atoms in total. The van der Waals surface area contributed by atoms with Crippen LogP contribution >= 0.6 is 0 Å². The SMILES string of the molecule is CC(C)(C)Oc1ccc(NC(=O)C2CCC(N)C2)cc1. The number of rotatable bonds is 3. The van der Waals surface area contributed by atoms with Gasteiger partial charge in [0.05, 0.1) is 0 Å². The average Bonchev–Trinajstić information content (AvgIpc) is 2.77. The first-order valence-electron chi connectivity index (χ1n) is 7.19. The van der Waals surface area contributed by atoms with Gasteiger partial charge in [0.2, 0.25) is 5.91 Å². The van der Waals surface area contributed by atoms with E-state index in [1.165, 1.54) is 0 Å². The molecule has 0 aliphatic heterocycles. The van der Waals surface area contributed by atoms with Gasteiger partial charge >= 0.3 is 0 Å². The molecule has 110 valence electrons. The standard InChI is InChI=1S/C16H24N2O2/c1-16(2,3)20-14-8-6-13(7-9-14)18-15(19)11-4-5-12(17)10-11/h6-9,11-12H,4-5,10,17H2,1-3H3,(H,18,19). The quantitative estimate of drug-likeness (QED) is 0.892. The maximum Gasteiger partial charge on any atom is 0.227 e. The van der Waals surface area contributed by atoms with Crippen LogP contribution in [-0.4, -0.2) is 17.6 Å². The Morgan fingerprint density at radius 1 is 1.25 bits per heavy atom. The van der Waals surface area contributed by atoms with Crippen LogP contribution in [0.1, 0.15) is 40.0 Å². The molecule has 0 radical (unpaired) electrons. The van der Waals surface area contributed by atoms with Crippen LogP contribution in [-0.2, 0) is 4.79 Å². The van der Waals surface area contributed by atoms with Crippen LogP contribution in [0.2, 0.25) is 0 Å². The fourth-order valence-corrected chi connectivity index (χ4v) is 2.46. The van der Waals surface area contributed by atoms with Crippen molar-refractivity contribution >= 4 is 11.6 Å². The number of ether oxygens (including phenoxy) is 1. The lowest BCUT2D eigenvalue weighted by atomic mass is 10.1. The van der Waals surface area contributed by atoms with Crippen molar-refractivity contribution in [1.29, 1.82) is 0 Å². The molecule has 2 unspecified atom stereocenters. The smallest absolute Gasteiger partial charge is 0.227 e. The molecule has 0 bridgehead atoms. The number of hydrogen-bond acceptors (Lipinski definition) is 3. The molecule has 2 rings (SSSR count). The second kappa shape index (κ2) is 5.83. The minimum absolute atomic E-state index is 0.0514. The zero-order chi connectivity index (χ0) is 14.8. The van der Waals surface area contributed by atoms with Crippen LogP contribution in [0, 0.1) is 5.92 Å². The maximum atomic E-state index is 12.1. The summed E-state index contributed by atoms with van der Waals surface area (Å²) in [7, 11) is 0. The van der Waals surface area contributed by atoms with Crippen LogP contribution in [0.3, 0.4) is 0 Å². The topological polar surface area (TPSA) is 64.3 Å². The molecule has 2 atom stereocenters. The number of hydrogen-bond donors (Lipinski definition) is 2. The molecule has 1 aliphatic rings. The third kappa shape index (κ3) is 4.23. The Morgan fingerprint density at radius 2 is 1.90 bits per heavy atom. The summed E-state index contributed by atoms with van der Waals surface area (Å²) >= 11 is 0. The molecule has 1 aromatic rings. The van der Waals surface area contributed by atoms with E-state index in [1.807, 2.05) is 45.0 Å². The second-order valence-corrected chi connectivity index (χ2v) is 6.50. The Bertz CT molecular complexity index is 462. The third-order valence-electron chi connectivity index (χ3n) is 3.39. The van der Waals surface area contributed by atoms with Crippen LogP contribution in [0.4, 0.5) is 5.69 Å². The zero-order valence-electron chi connectivity index (χ0n) is 12.5. The Morgan fingerprint density at radius 3 is 2.40 bits per heavy atom. The highest BCUT2D eigenvalue weighted by atomic mass is 16.5. The van der Waals surface area contributed by atoms with E-state index in [2.05, 4.69) is 5.32 Å². The molecule has 1 amide bonds. The Hall–Kier alpha value is -1.55. The molecule has 1 fully saturated rings. The van der Waals surface area contributed by atoms with Crippen molar-refractivity contribution in [2.45, 2.75) is 51.7 Å². The minimum Gasteiger partial charge on any atom is -0.488 e. The molecule has 0 heterocycles. The minimum atomic E-state index is -0.218. The normalized spacial score (nSPS) is 22.6. The van der Waals surface area contributed by atoms with Crippen molar-refractivity contribution in [3.63, 3.8) is 0 Å².